The largest absolute Gasteiger partial charge is 1.00 e. The van der Waals surface area contributed by atoms with Gasteiger partial charge in [0.05, 0.1) is 0 Å². The average molecular weight is 204 g/mol. The summed E-state index contributed by atoms with van der Waals surface area (Å²) in [6.45, 7) is 6.69. The van der Waals surface area contributed by atoms with E-state index in [1.165, 1.54) is 0 Å². The molecule has 0 radical (unpaired) electrons. The molecule has 0 unspecified atom stereocenters. The fraction of sp³-hybridized carbons (Fsp3) is 0.875. The Morgan fingerprint density at radius 1 is 1.15 bits per heavy atom. The van der Waals surface area contributed by atoms with Crippen LogP contribution in [0.1, 0.15) is 33.6 Å². The van der Waals surface area contributed by atoms with Crippen LogP contribution in [-0.2, 0) is 16.2 Å². The summed E-state index contributed by atoms with van der Waals surface area (Å²) in [4.78, 5) is 11.1. The molecule has 0 bridgehead atoms. The normalized spacial score (nSPS) is 9.77. The van der Waals surface area contributed by atoms with Crippen molar-refractivity contribution in [3.8, 4) is 0 Å². The molecule has 0 spiro atoms. The molecule has 0 aromatic carbocycles. The van der Waals surface area contributed by atoms with Gasteiger partial charge in [-0.1, -0.05) is 6.92 Å². The van der Waals surface area contributed by atoms with Gasteiger partial charge in [-0.15, -0.1) is 0 Å². The molecule has 0 aromatic rings. The standard InChI is InChI=1S/C4H8O2.2C2H5O.Al/c1-2-3-4(5)6;2*1-2-3;/h2-3H2,1H3,(H,5,6);2*2H2,1H3;/q;2*-1;+3/p-1. The molecule has 0 aliphatic heterocycles. The molecule has 0 fully saturated rings. The van der Waals surface area contributed by atoms with Crippen molar-refractivity contribution in [2.75, 3.05) is 13.2 Å². The van der Waals surface area contributed by atoms with Gasteiger partial charge in [-0.05, 0) is 20.3 Å². The highest BCUT2D eigenvalue weighted by Gasteiger charge is 2.35. The number of carbonyl (C=O) groups excluding carboxylic acids is 1. The molecule has 76 valence electrons. The highest BCUT2D eigenvalue weighted by molar-refractivity contribution is 6.39. The summed E-state index contributed by atoms with van der Waals surface area (Å²) in [6.07, 6.45) is 1.22. The van der Waals surface area contributed by atoms with E-state index in [-0.39, 0.29) is 5.97 Å². The van der Waals surface area contributed by atoms with Crippen LogP contribution in [0.4, 0.5) is 0 Å². The Morgan fingerprint density at radius 2 is 1.69 bits per heavy atom. The van der Waals surface area contributed by atoms with E-state index in [1.54, 1.807) is 0 Å². The van der Waals surface area contributed by atoms with Crippen LogP contribution in [0.5, 0.6) is 0 Å². The third-order valence-corrected chi connectivity index (χ3v) is 2.95. The van der Waals surface area contributed by atoms with E-state index in [9.17, 15) is 4.79 Å². The van der Waals surface area contributed by atoms with Gasteiger partial charge in [0.1, 0.15) is 0 Å². The van der Waals surface area contributed by atoms with E-state index in [4.69, 9.17) is 11.4 Å². The molecule has 0 atom stereocenters. The molecule has 0 aliphatic rings. The van der Waals surface area contributed by atoms with Gasteiger partial charge in [0, 0.05) is 19.6 Å². The van der Waals surface area contributed by atoms with Crippen LogP contribution in [0.15, 0.2) is 0 Å². The Hall–Kier alpha value is -0.0775. The Labute approximate surface area is 84.6 Å². The van der Waals surface area contributed by atoms with E-state index in [1.807, 2.05) is 20.8 Å². The Kier molecular flexibility index (Phi) is 8.47. The van der Waals surface area contributed by atoms with E-state index < -0.39 is 15.1 Å². The molecule has 0 saturated carbocycles. The van der Waals surface area contributed by atoms with Crippen LogP contribution in [-0.4, -0.2) is 34.3 Å². The molecule has 0 amide bonds. The molecule has 0 rings (SSSR count). The number of rotatable bonds is 7. The topological polar surface area (TPSA) is 44.8 Å². The zero-order valence-electron chi connectivity index (χ0n) is 8.54. The zero-order chi connectivity index (χ0) is 10.1. The van der Waals surface area contributed by atoms with Gasteiger partial charge in [-0.25, -0.2) is 0 Å². The van der Waals surface area contributed by atoms with E-state index in [0.29, 0.717) is 19.6 Å². The minimum atomic E-state index is -2.17. The second-order valence-electron chi connectivity index (χ2n) is 2.44. The first-order valence-corrected chi connectivity index (χ1v) is 6.08. The molecule has 0 N–H and O–H groups in total. The van der Waals surface area contributed by atoms with E-state index in [0.717, 1.165) is 6.42 Å². The lowest BCUT2D eigenvalue weighted by molar-refractivity contribution is -0.137. The van der Waals surface area contributed by atoms with Gasteiger partial charge in [0.2, 0.25) is 0 Å². The summed E-state index contributed by atoms with van der Waals surface area (Å²) in [7, 11) is 0. The van der Waals surface area contributed by atoms with Crippen LogP contribution in [0.2, 0.25) is 0 Å². The predicted molar refractivity (Wildman–Crippen MR) is 50.0 cm³/mol. The lowest BCUT2D eigenvalue weighted by Gasteiger charge is -2.10. The van der Waals surface area contributed by atoms with Gasteiger partial charge < -0.3 is 11.4 Å². The average Bonchev–Trinajstić information content (AvgIpc) is 2.05. The molecule has 0 aromatic heterocycles. The first kappa shape index (κ1) is 12.9. The molecular weight excluding hydrogens is 187 g/mol. The molecule has 13 heavy (non-hydrogen) atoms. The zero-order valence-corrected chi connectivity index (χ0v) is 9.69. The maximum Gasteiger partial charge on any atom is 1.00 e. The van der Waals surface area contributed by atoms with Gasteiger partial charge >= 0.3 is 15.1 Å². The maximum absolute atomic E-state index is 11.1. The second-order valence-corrected chi connectivity index (χ2v) is 3.92. The molecular formula is C8H17AlO4. The lowest BCUT2D eigenvalue weighted by Crippen LogP contribution is -2.30. The highest BCUT2D eigenvalue weighted by Crippen LogP contribution is 1.97. The quantitative estimate of drug-likeness (QED) is 0.588. The predicted octanol–water partition coefficient (Wildman–Crippen LogP) is 1.39. The fourth-order valence-corrected chi connectivity index (χ4v) is 1.87. The summed E-state index contributed by atoms with van der Waals surface area (Å²) in [5, 5.41) is 0. The Bertz CT molecular complexity index is 134. The van der Waals surface area contributed by atoms with Gasteiger partial charge in [0.15, 0.2) is 0 Å². The Balaban J connectivity index is 3.71. The van der Waals surface area contributed by atoms with Crippen LogP contribution in [0.3, 0.4) is 0 Å². The summed E-state index contributed by atoms with van der Waals surface area (Å²) in [5.74, 6) is -0.221. The third-order valence-electron chi connectivity index (χ3n) is 1.29. The van der Waals surface area contributed by atoms with E-state index in [2.05, 4.69) is 0 Å². The Morgan fingerprint density at radius 3 is 2.08 bits per heavy atom. The van der Waals surface area contributed by atoms with Gasteiger partial charge in [-0.3, -0.25) is 4.79 Å². The number of hydrogen-bond acceptors (Lipinski definition) is 4. The summed E-state index contributed by atoms with van der Waals surface area (Å²) < 4.78 is 15.4. The van der Waals surface area contributed by atoms with Crippen molar-refractivity contribution in [3.05, 3.63) is 0 Å². The van der Waals surface area contributed by atoms with Crippen molar-refractivity contribution in [1.29, 1.82) is 0 Å². The van der Waals surface area contributed by atoms with Crippen molar-refractivity contribution in [2.45, 2.75) is 33.6 Å². The van der Waals surface area contributed by atoms with Crippen molar-refractivity contribution >= 4 is 21.1 Å². The fourth-order valence-electron chi connectivity index (χ4n) is 0.759. The van der Waals surface area contributed by atoms with Crippen LogP contribution in [0, 0.1) is 0 Å². The molecule has 0 aliphatic carbocycles. The minimum Gasteiger partial charge on any atom is -0.572 e. The monoisotopic (exact) mass is 204 g/mol. The first-order valence-electron chi connectivity index (χ1n) is 4.67. The maximum atomic E-state index is 11.1. The van der Waals surface area contributed by atoms with Crippen molar-refractivity contribution in [2.24, 2.45) is 0 Å². The van der Waals surface area contributed by atoms with E-state index >= 15 is 0 Å². The van der Waals surface area contributed by atoms with Crippen LogP contribution < -0.4 is 0 Å². The molecule has 5 heteroatoms. The number of carbonyl (C=O) groups is 1. The van der Waals surface area contributed by atoms with Crippen molar-refractivity contribution in [3.63, 3.8) is 0 Å². The van der Waals surface area contributed by atoms with Crippen molar-refractivity contribution < 1.29 is 16.2 Å². The van der Waals surface area contributed by atoms with Gasteiger partial charge in [-0.2, -0.15) is 0 Å². The summed E-state index contributed by atoms with van der Waals surface area (Å²) >= 11 is -2.17. The SMILES string of the molecule is CCCC(=O)[O][Al]([O]CC)[O]CC. The molecule has 4 nitrogen and oxygen atoms in total. The summed E-state index contributed by atoms with van der Waals surface area (Å²) in [6, 6.07) is 0. The first-order chi connectivity index (χ1) is 6.24. The smallest absolute Gasteiger partial charge is 0.572 e. The second kappa shape index (κ2) is 8.52. The molecule has 0 saturated heterocycles. The lowest BCUT2D eigenvalue weighted by atomic mass is 10.4. The third kappa shape index (κ3) is 7.03. The molecule has 0 heterocycles. The van der Waals surface area contributed by atoms with Crippen LogP contribution >= 0.6 is 0 Å². The highest BCUT2D eigenvalue weighted by atomic mass is 27.3. The summed E-state index contributed by atoms with van der Waals surface area (Å²) in [5.41, 5.74) is 0. The van der Waals surface area contributed by atoms with Gasteiger partial charge in [0.25, 0.3) is 5.97 Å². The number of hydrogen-bond donors (Lipinski definition) is 0. The minimum absolute atomic E-state index is 0.221. The van der Waals surface area contributed by atoms with Crippen LogP contribution in [0.25, 0.3) is 0 Å². The van der Waals surface area contributed by atoms with Crippen molar-refractivity contribution in [1.82, 2.24) is 0 Å².